The summed E-state index contributed by atoms with van der Waals surface area (Å²) in [5.74, 6) is -4.87. The molecular weight excluding hydrogens is 302 g/mol. The minimum Gasteiger partial charge on any atom is -0.481 e. The summed E-state index contributed by atoms with van der Waals surface area (Å²) in [4.78, 5) is 54.3. The minimum absolute atomic E-state index is 0.259. The van der Waals surface area contributed by atoms with Gasteiger partial charge in [0.2, 0.25) is 5.91 Å². The summed E-state index contributed by atoms with van der Waals surface area (Å²) in [6, 6.07) is -4.02. The zero-order chi connectivity index (χ0) is 17.3. The molecule has 0 heterocycles. The normalized spacial score (nSPS) is 12.7. The molecular formula is C11H17N3O8. The number of urea groups is 1. The highest BCUT2D eigenvalue weighted by Gasteiger charge is 2.25. The molecule has 11 heteroatoms. The lowest BCUT2D eigenvalue weighted by molar-refractivity contribution is -0.141. The fourth-order valence-corrected chi connectivity index (χ4v) is 1.43. The number of aliphatic carboxylic acids is 3. The summed E-state index contributed by atoms with van der Waals surface area (Å²) < 4.78 is 0. The first-order chi connectivity index (χ1) is 10.1. The third kappa shape index (κ3) is 8.35. The average molecular weight is 319 g/mol. The van der Waals surface area contributed by atoms with Crippen LogP contribution in [0.25, 0.3) is 0 Å². The molecule has 22 heavy (non-hydrogen) atoms. The van der Waals surface area contributed by atoms with Crippen LogP contribution in [0, 0.1) is 0 Å². The van der Waals surface area contributed by atoms with Gasteiger partial charge >= 0.3 is 23.9 Å². The van der Waals surface area contributed by atoms with E-state index in [1.807, 2.05) is 10.6 Å². The fourth-order valence-electron chi connectivity index (χ4n) is 1.43. The number of carboxylic acid groups (broad SMARTS) is 3. The van der Waals surface area contributed by atoms with Gasteiger partial charge in [0.05, 0.1) is 0 Å². The highest BCUT2D eigenvalue weighted by Crippen LogP contribution is 2.00. The first-order valence-corrected chi connectivity index (χ1v) is 6.16. The van der Waals surface area contributed by atoms with E-state index in [9.17, 15) is 24.0 Å². The van der Waals surface area contributed by atoms with Gasteiger partial charge in [0.1, 0.15) is 12.1 Å². The van der Waals surface area contributed by atoms with Crippen LogP contribution in [-0.2, 0) is 19.2 Å². The van der Waals surface area contributed by atoms with Gasteiger partial charge in [0.15, 0.2) is 0 Å². The van der Waals surface area contributed by atoms with Crippen molar-refractivity contribution in [2.75, 3.05) is 0 Å². The molecule has 0 unspecified atom stereocenters. The van der Waals surface area contributed by atoms with Crippen LogP contribution in [0.5, 0.6) is 0 Å². The standard InChI is InChI=1S/C11H17N3O8/c12-7(15)3-1-5(9(18)19)13-11(22)14-6(10(20)21)2-4-8(16)17/h5-6H,1-4H2,(H2,12,15)(H,16,17)(H,18,19)(H,20,21)(H2,13,14,22)/t5-,6-/m1/s1. The zero-order valence-corrected chi connectivity index (χ0v) is 11.4. The third-order valence-corrected chi connectivity index (χ3v) is 2.53. The van der Waals surface area contributed by atoms with Crippen molar-refractivity contribution in [1.29, 1.82) is 0 Å². The topological polar surface area (TPSA) is 196 Å². The van der Waals surface area contributed by atoms with Crippen molar-refractivity contribution in [3.63, 3.8) is 0 Å². The maximum Gasteiger partial charge on any atom is 0.326 e. The second-order valence-electron chi connectivity index (χ2n) is 4.34. The van der Waals surface area contributed by atoms with E-state index in [0.717, 1.165) is 0 Å². The molecule has 0 aromatic heterocycles. The lowest BCUT2D eigenvalue weighted by Gasteiger charge is -2.17. The van der Waals surface area contributed by atoms with Crippen molar-refractivity contribution in [3.05, 3.63) is 0 Å². The maximum absolute atomic E-state index is 11.5. The van der Waals surface area contributed by atoms with Crippen molar-refractivity contribution in [1.82, 2.24) is 10.6 Å². The average Bonchev–Trinajstić information content (AvgIpc) is 2.38. The fraction of sp³-hybridized carbons (Fsp3) is 0.545. The van der Waals surface area contributed by atoms with E-state index in [-0.39, 0.29) is 19.3 Å². The molecule has 0 radical (unpaired) electrons. The van der Waals surface area contributed by atoms with Crippen molar-refractivity contribution in [3.8, 4) is 0 Å². The molecule has 2 atom stereocenters. The molecule has 0 aliphatic heterocycles. The van der Waals surface area contributed by atoms with Gasteiger partial charge in [-0.2, -0.15) is 0 Å². The van der Waals surface area contributed by atoms with Crippen molar-refractivity contribution >= 4 is 29.8 Å². The number of rotatable bonds is 10. The second kappa shape index (κ2) is 9.15. The van der Waals surface area contributed by atoms with E-state index < -0.39 is 48.4 Å². The van der Waals surface area contributed by atoms with Crippen molar-refractivity contribution in [2.45, 2.75) is 37.8 Å². The smallest absolute Gasteiger partial charge is 0.326 e. The molecule has 124 valence electrons. The van der Waals surface area contributed by atoms with Gasteiger partial charge in [-0.25, -0.2) is 14.4 Å². The predicted octanol–water partition coefficient (Wildman–Crippen LogP) is -1.68. The first-order valence-electron chi connectivity index (χ1n) is 6.16. The summed E-state index contributed by atoms with van der Waals surface area (Å²) in [6.45, 7) is 0. The molecule has 11 nitrogen and oxygen atoms in total. The molecule has 0 aliphatic rings. The van der Waals surface area contributed by atoms with E-state index in [4.69, 9.17) is 21.1 Å². The number of nitrogens with one attached hydrogen (secondary N) is 2. The third-order valence-electron chi connectivity index (χ3n) is 2.53. The van der Waals surface area contributed by atoms with Gasteiger partial charge in [0.25, 0.3) is 0 Å². The first kappa shape index (κ1) is 19.1. The molecule has 0 spiro atoms. The molecule has 0 saturated heterocycles. The van der Waals surface area contributed by atoms with Crippen LogP contribution in [-0.4, -0.2) is 57.2 Å². The van der Waals surface area contributed by atoms with Crippen LogP contribution in [0.2, 0.25) is 0 Å². The van der Waals surface area contributed by atoms with E-state index in [1.54, 1.807) is 0 Å². The summed E-state index contributed by atoms with van der Waals surface area (Å²) in [5.41, 5.74) is 4.87. The largest absolute Gasteiger partial charge is 0.481 e. The molecule has 0 saturated carbocycles. The number of carboxylic acids is 3. The second-order valence-corrected chi connectivity index (χ2v) is 4.34. The quantitative estimate of drug-likeness (QED) is 0.274. The summed E-state index contributed by atoms with van der Waals surface area (Å²) >= 11 is 0. The molecule has 0 aromatic rings. The summed E-state index contributed by atoms with van der Waals surface area (Å²) in [6.07, 6.45) is -1.39. The van der Waals surface area contributed by atoms with Gasteiger partial charge in [-0.15, -0.1) is 0 Å². The van der Waals surface area contributed by atoms with E-state index in [0.29, 0.717) is 0 Å². The van der Waals surface area contributed by atoms with Crippen LogP contribution >= 0.6 is 0 Å². The molecule has 0 rings (SSSR count). The summed E-state index contributed by atoms with van der Waals surface area (Å²) in [5, 5.41) is 30.1. The number of hydrogen-bond acceptors (Lipinski definition) is 5. The summed E-state index contributed by atoms with van der Waals surface area (Å²) in [7, 11) is 0. The number of hydrogen-bond donors (Lipinski definition) is 6. The Bertz CT molecular complexity index is 424. The van der Waals surface area contributed by atoms with Crippen LogP contribution in [0.4, 0.5) is 4.79 Å². The highest BCUT2D eigenvalue weighted by molar-refractivity contribution is 5.86. The SMILES string of the molecule is NC(=O)CC[C@@H](NC(=O)N[C@H](CCC(=O)O)C(=O)O)C(=O)O. The Morgan fingerprint density at radius 1 is 0.818 bits per heavy atom. The Morgan fingerprint density at radius 2 is 1.23 bits per heavy atom. The van der Waals surface area contributed by atoms with E-state index in [1.165, 1.54) is 0 Å². The van der Waals surface area contributed by atoms with Gasteiger partial charge < -0.3 is 31.7 Å². The minimum atomic E-state index is -1.48. The van der Waals surface area contributed by atoms with Gasteiger partial charge in [-0.05, 0) is 12.8 Å². The maximum atomic E-state index is 11.5. The van der Waals surface area contributed by atoms with Crippen LogP contribution in [0.3, 0.4) is 0 Å². The zero-order valence-electron chi connectivity index (χ0n) is 11.4. The number of amides is 3. The monoisotopic (exact) mass is 319 g/mol. The number of carbonyl (C=O) groups is 5. The predicted molar refractivity (Wildman–Crippen MR) is 69.8 cm³/mol. The number of carbonyl (C=O) groups excluding carboxylic acids is 2. The van der Waals surface area contributed by atoms with Crippen LogP contribution in [0.15, 0.2) is 0 Å². The Labute approximate surface area is 124 Å². The molecule has 7 N–H and O–H groups in total. The Balaban J connectivity index is 4.57. The number of nitrogens with two attached hydrogens (primary N) is 1. The van der Waals surface area contributed by atoms with E-state index >= 15 is 0 Å². The Morgan fingerprint density at radius 3 is 1.55 bits per heavy atom. The molecule has 0 aromatic carbocycles. The van der Waals surface area contributed by atoms with Gasteiger partial charge in [-0.1, -0.05) is 0 Å². The van der Waals surface area contributed by atoms with E-state index in [2.05, 4.69) is 0 Å². The number of primary amides is 1. The Hall–Kier alpha value is -2.85. The highest BCUT2D eigenvalue weighted by atomic mass is 16.4. The Kier molecular flexibility index (Phi) is 7.97. The molecule has 0 bridgehead atoms. The van der Waals surface area contributed by atoms with Gasteiger partial charge in [-0.3, -0.25) is 9.59 Å². The van der Waals surface area contributed by atoms with Crippen molar-refractivity contribution in [2.24, 2.45) is 5.73 Å². The molecule has 3 amide bonds. The van der Waals surface area contributed by atoms with Gasteiger partial charge in [0, 0.05) is 12.8 Å². The van der Waals surface area contributed by atoms with Crippen LogP contribution < -0.4 is 16.4 Å². The lowest BCUT2D eigenvalue weighted by atomic mass is 10.1. The lowest BCUT2D eigenvalue weighted by Crippen LogP contribution is -2.51. The van der Waals surface area contributed by atoms with Crippen molar-refractivity contribution < 1.29 is 39.3 Å². The van der Waals surface area contributed by atoms with Crippen LogP contribution in [0.1, 0.15) is 25.7 Å². The molecule has 0 aliphatic carbocycles. The molecule has 0 fully saturated rings.